The maximum atomic E-state index is 5.99. The quantitative estimate of drug-likeness (QED) is 0.721. The first-order valence-corrected chi connectivity index (χ1v) is 8.22. The molecule has 1 atom stereocenters. The smallest absolute Gasteiger partial charge is 0.183 e. The Balaban J connectivity index is 1.97. The van der Waals surface area contributed by atoms with E-state index in [0.717, 1.165) is 32.8 Å². The SMILES string of the molecule is CCCCC(CC)CNc1nc2ccc(Cl)cc2s1. The minimum Gasteiger partial charge on any atom is -0.361 e. The summed E-state index contributed by atoms with van der Waals surface area (Å²) in [5, 5.41) is 5.26. The number of hydrogen-bond acceptors (Lipinski definition) is 3. The van der Waals surface area contributed by atoms with Gasteiger partial charge in [0.25, 0.3) is 0 Å². The van der Waals surface area contributed by atoms with Gasteiger partial charge in [0.1, 0.15) is 0 Å². The van der Waals surface area contributed by atoms with Crippen LogP contribution in [0.25, 0.3) is 10.2 Å². The summed E-state index contributed by atoms with van der Waals surface area (Å²) in [6.45, 7) is 5.53. The Morgan fingerprint density at radius 3 is 2.95 bits per heavy atom. The summed E-state index contributed by atoms with van der Waals surface area (Å²) < 4.78 is 1.15. The highest BCUT2D eigenvalue weighted by Crippen LogP contribution is 2.28. The highest BCUT2D eigenvalue weighted by atomic mass is 35.5. The molecule has 0 radical (unpaired) electrons. The third-order valence-corrected chi connectivity index (χ3v) is 4.65. The van der Waals surface area contributed by atoms with Gasteiger partial charge < -0.3 is 5.32 Å². The zero-order valence-corrected chi connectivity index (χ0v) is 13.2. The van der Waals surface area contributed by atoms with E-state index in [2.05, 4.69) is 24.1 Å². The summed E-state index contributed by atoms with van der Waals surface area (Å²) in [5.74, 6) is 0.746. The van der Waals surface area contributed by atoms with Crippen molar-refractivity contribution in [3.63, 3.8) is 0 Å². The van der Waals surface area contributed by atoms with Gasteiger partial charge in [-0.15, -0.1) is 0 Å². The van der Waals surface area contributed by atoms with Gasteiger partial charge in [0.15, 0.2) is 5.13 Å². The summed E-state index contributed by atoms with van der Waals surface area (Å²) >= 11 is 7.67. The molecular formula is C15H21ClN2S. The highest BCUT2D eigenvalue weighted by Gasteiger charge is 2.08. The number of unbranched alkanes of at least 4 members (excludes halogenated alkanes) is 1. The molecule has 104 valence electrons. The van der Waals surface area contributed by atoms with Gasteiger partial charge in [-0.3, -0.25) is 0 Å². The monoisotopic (exact) mass is 296 g/mol. The molecular weight excluding hydrogens is 276 g/mol. The zero-order valence-electron chi connectivity index (χ0n) is 11.6. The number of anilines is 1. The van der Waals surface area contributed by atoms with Gasteiger partial charge in [-0.25, -0.2) is 4.98 Å². The predicted molar refractivity (Wildman–Crippen MR) is 86.4 cm³/mol. The zero-order chi connectivity index (χ0) is 13.7. The molecule has 0 aliphatic heterocycles. The lowest BCUT2D eigenvalue weighted by molar-refractivity contribution is 0.473. The first kappa shape index (κ1) is 14.6. The van der Waals surface area contributed by atoms with Gasteiger partial charge in [0.2, 0.25) is 0 Å². The average molecular weight is 297 g/mol. The minimum absolute atomic E-state index is 0.746. The number of halogens is 1. The van der Waals surface area contributed by atoms with Crippen LogP contribution in [0.15, 0.2) is 18.2 Å². The van der Waals surface area contributed by atoms with E-state index in [0.29, 0.717) is 0 Å². The number of rotatable bonds is 7. The fourth-order valence-electron chi connectivity index (χ4n) is 2.15. The lowest BCUT2D eigenvalue weighted by Crippen LogP contribution is -2.13. The molecule has 19 heavy (non-hydrogen) atoms. The summed E-state index contributed by atoms with van der Waals surface area (Å²) in [6, 6.07) is 5.85. The van der Waals surface area contributed by atoms with Crippen LogP contribution in [0.2, 0.25) is 5.02 Å². The third kappa shape index (κ3) is 4.08. The van der Waals surface area contributed by atoms with Crippen LogP contribution in [0.4, 0.5) is 5.13 Å². The van der Waals surface area contributed by atoms with Crippen molar-refractivity contribution in [2.75, 3.05) is 11.9 Å². The van der Waals surface area contributed by atoms with Gasteiger partial charge in [0, 0.05) is 11.6 Å². The summed E-state index contributed by atoms with van der Waals surface area (Å²) in [4.78, 5) is 4.59. The van der Waals surface area contributed by atoms with Gasteiger partial charge in [-0.1, -0.05) is 56.0 Å². The van der Waals surface area contributed by atoms with E-state index in [-0.39, 0.29) is 0 Å². The molecule has 2 rings (SSSR count). The molecule has 1 heterocycles. The number of thiazole rings is 1. The number of hydrogen-bond donors (Lipinski definition) is 1. The maximum Gasteiger partial charge on any atom is 0.183 e. The lowest BCUT2D eigenvalue weighted by Gasteiger charge is -2.14. The summed E-state index contributed by atoms with van der Waals surface area (Å²) in [7, 11) is 0. The standard InChI is InChI=1S/C15H21ClN2S/c1-3-5-6-11(4-2)10-17-15-18-13-8-7-12(16)9-14(13)19-15/h7-9,11H,3-6,10H2,1-2H3,(H,17,18). The van der Waals surface area contributed by atoms with E-state index in [1.165, 1.54) is 25.7 Å². The van der Waals surface area contributed by atoms with Crippen molar-refractivity contribution in [3.05, 3.63) is 23.2 Å². The van der Waals surface area contributed by atoms with E-state index in [9.17, 15) is 0 Å². The van der Waals surface area contributed by atoms with Gasteiger partial charge >= 0.3 is 0 Å². The van der Waals surface area contributed by atoms with Crippen LogP contribution in [0.1, 0.15) is 39.5 Å². The first-order chi connectivity index (χ1) is 9.22. The second-order valence-corrected chi connectivity index (χ2v) is 6.40. The average Bonchev–Trinajstić information content (AvgIpc) is 2.81. The number of fused-ring (bicyclic) bond motifs is 1. The number of benzene rings is 1. The predicted octanol–water partition coefficient (Wildman–Crippen LogP) is 5.58. The van der Waals surface area contributed by atoms with Gasteiger partial charge in [0.05, 0.1) is 10.2 Å². The topological polar surface area (TPSA) is 24.9 Å². The summed E-state index contributed by atoms with van der Waals surface area (Å²) in [6.07, 6.45) is 5.12. The molecule has 1 aromatic carbocycles. The largest absolute Gasteiger partial charge is 0.361 e. The molecule has 1 unspecified atom stereocenters. The molecule has 2 nitrogen and oxygen atoms in total. The Hall–Kier alpha value is -0.800. The van der Waals surface area contributed by atoms with Crippen LogP contribution >= 0.6 is 22.9 Å². The molecule has 2 aromatic rings. The molecule has 0 amide bonds. The van der Waals surface area contributed by atoms with Crippen molar-refractivity contribution in [1.29, 1.82) is 0 Å². The normalized spacial score (nSPS) is 12.8. The van der Waals surface area contributed by atoms with Crippen molar-refractivity contribution in [2.45, 2.75) is 39.5 Å². The Bertz CT molecular complexity index is 524. The van der Waals surface area contributed by atoms with E-state index in [1.54, 1.807) is 11.3 Å². The molecule has 0 fully saturated rings. The molecule has 0 aliphatic carbocycles. The Labute approximate surface area is 124 Å². The number of aromatic nitrogens is 1. The van der Waals surface area contributed by atoms with Crippen LogP contribution < -0.4 is 5.32 Å². The van der Waals surface area contributed by atoms with E-state index >= 15 is 0 Å². The van der Waals surface area contributed by atoms with Crippen molar-refractivity contribution in [2.24, 2.45) is 5.92 Å². The van der Waals surface area contributed by atoms with Crippen LogP contribution in [-0.4, -0.2) is 11.5 Å². The summed E-state index contributed by atoms with van der Waals surface area (Å²) in [5.41, 5.74) is 1.03. The second kappa shape index (κ2) is 7.11. The first-order valence-electron chi connectivity index (χ1n) is 7.02. The fourth-order valence-corrected chi connectivity index (χ4v) is 3.30. The minimum atomic E-state index is 0.746. The van der Waals surface area contributed by atoms with E-state index < -0.39 is 0 Å². The Morgan fingerprint density at radius 1 is 1.37 bits per heavy atom. The van der Waals surface area contributed by atoms with E-state index in [4.69, 9.17) is 11.6 Å². The molecule has 1 aromatic heterocycles. The van der Waals surface area contributed by atoms with Crippen LogP contribution in [0.3, 0.4) is 0 Å². The lowest BCUT2D eigenvalue weighted by atomic mass is 10.00. The van der Waals surface area contributed by atoms with Crippen molar-refractivity contribution in [3.8, 4) is 0 Å². The van der Waals surface area contributed by atoms with Crippen molar-refractivity contribution < 1.29 is 0 Å². The van der Waals surface area contributed by atoms with Crippen LogP contribution in [0.5, 0.6) is 0 Å². The molecule has 0 spiro atoms. The maximum absolute atomic E-state index is 5.99. The molecule has 4 heteroatoms. The molecule has 0 saturated heterocycles. The van der Waals surface area contributed by atoms with Crippen LogP contribution in [0, 0.1) is 5.92 Å². The number of nitrogens with one attached hydrogen (secondary N) is 1. The fraction of sp³-hybridized carbons (Fsp3) is 0.533. The Kier molecular flexibility index (Phi) is 5.46. The molecule has 0 saturated carbocycles. The Morgan fingerprint density at radius 2 is 2.21 bits per heavy atom. The second-order valence-electron chi connectivity index (χ2n) is 4.93. The third-order valence-electron chi connectivity index (χ3n) is 3.44. The van der Waals surface area contributed by atoms with E-state index in [1.807, 2.05) is 18.2 Å². The highest BCUT2D eigenvalue weighted by molar-refractivity contribution is 7.22. The number of nitrogens with zero attached hydrogens (tertiary/aromatic N) is 1. The van der Waals surface area contributed by atoms with Crippen molar-refractivity contribution in [1.82, 2.24) is 4.98 Å². The van der Waals surface area contributed by atoms with Gasteiger partial charge in [-0.05, 0) is 30.5 Å². The van der Waals surface area contributed by atoms with Crippen molar-refractivity contribution >= 4 is 38.3 Å². The molecule has 0 aliphatic rings. The van der Waals surface area contributed by atoms with Gasteiger partial charge in [-0.2, -0.15) is 0 Å². The molecule has 0 bridgehead atoms. The van der Waals surface area contributed by atoms with Crippen LogP contribution in [-0.2, 0) is 0 Å². The molecule has 1 N–H and O–H groups in total.